The normalized spacial score (nSPS) is 13.7. The van der Waals surface area contributed by atoms with Gasteiger partial charge in [-0.15, -0.1) is 0 Å². The Hall–Kier alpha value is -2.46. The number of ketones is 2. The minimum Gasteiger partial charge on any atom is -0.496 e. The van der Waals surface area contributed by atoms with Gasteiger partial charge in [-0.3, -0.25) is 9.59 Å². The summed E-state index contributed by atoms with van der Waals surface area (Å²) in [4.78, 5) is 25.5. The molecule has 2 aromatic carbocycles. The topological polar surface area (TPSA) is 63.6 Å². The van der Waals surface area contributed by atoms with E-state index in [4.69, 9.17) is 4.74 Å². The van der Waals surface area contributed by atoms with Gasteiger partial charge in [-0.2, -0.15) is 0 Å². The second-order valence-corrected chi connectivity index (χ2v) is 7.40. The van der Waals surface area contributed by atoms with Crippen molar-refractivity contribution in [3.05, 3.63) is 65.7 Å². The van der Waals surface area contributed by atoms with E-state index in [0.29, 0.717) is 11.3 Å². The lowest BCUT2D eigenvalue weighted by atomic mass is 9.79. The molecule has 0 spiro atoms. The van der Waals surface area contributed by atoms with E-state index in [0.717, 1.165) is 5.56 Å². The second-order valence-electron chi connectivity index (χ2n) is 7.40. The van der Waals surface area contributed by atoms with E-state index < -0.39 is 23.2 Å². The van der Waals surface area contributed by atoms with Crippen molar-refractivity contribution in [2.45, 2.75) is 39.2 Å². The van der Waals surface area contributed by atoms with E-state index in [2.05, 4.69) is 0 Å². The average Bonchev–Trinajstić information content (AvgIpc) is 2.64. The number of methoxy groups -OCH3 is 1. The van der Waals surface area contributed by atoms with Crippen LogP contribution in [0.1, 0.15) is 49.0 Å². The maximum atomic E-state index is 12.9. The van der Waals surface area contributed by atoms with E-state index in [1.165, 1.54) is 7.11 Å². The summed E-state index contributed by atoms with van der Waals surface area (Å²) in [6, 6.07) is 16.0. The van der Waals surface area contributed by atoms with Crippen molar-refractivity contribution in [3.63, 3.8) is 0 Å². The molecule has 2 atom stereocenters. The molecule has 0 amide bonds. The smallest absolute Gasteiger partial charge is 0.195 e. The van der Waals surface area contributed by atoms with Crippen LogP contribution in [0.4, 0.5) is 0 Å². The molecule has 0 saturated carbocycles. The van der Waals surface area contributed by atoms with Gasteiger partial charge in [0.25, 0.3) is 0 Å². The summed E-state index contributed by atoms with van der Waals surface area (Å²) in [6.07, 6.45) is -1.24. The zero-order valence-corrected chi connectivity index (χ0v) is 15.7. The number of rotatable bonds is 7. The summed E-state index contributed by atoms with van der Waals surface area (Å²) in [5.41, 5.74) is 0.535. The summed E-state index contributed by atoms with van der Waals surface area (Å²) in [5.74, 6) is -0.651. The molecule has 4 heteroatoms. The second kappa shape index (κ2) is 8.28. The van der Waals surface area contributed by atoms with Gasteiger partial charge in [0.15, 0.2) is 5.78 Å². The van der Waals surface area contributed by atoms with Crippen LogP contribution in [-0.2, 0) is 4.79 Å². The summed E-state index contributed by atoms with van der Waals surface area (Å²) < 4.78 is 5.24. The molecule has 0 aromatic heterocycles. The molecule has 4 nitrogen and oxygen atoms in total. The molecule has 0 aliphatic carbocycles. The third-order valence-corrected chi connectivity index (χ3v) is 4.49. The van der Waals surface area contributed by atoms with Crippen molar-refractivity contribution >= 4 is 11.6 Å². The van der Waals surface area contributed by atoms with Crippen LogP contribution in [0.3, 0.4) is 0 Å². The van der Waals surface area contributed by atoms with Gasteiger partial charge in [-0.05, 0) is 17.7 Å². The maximum Gasteiger partial charge on any atom is 0.195 e. The number of Topliss-reactive ketones (excluding diaryl/α,β-unsaturated/α-hetero) is 2. The highest BCUT2D eigenvalue weighted by atomic mass is 16.5. The number of hydrogen-bond donors (Lipinski definition) is 1. The molecule has 26 heavy (non-hydrogen) atoms. The lowest BCUT2D eigenvalue weighted by molar-refractivity contribution is -0.127. The summed E-state index contributed by atoms with van der Waals surface area (Å²) >= 11 is 0. The Morgan fingerprint density at radius 3 is 2.15 bits per heavy atom. The number of benzene rings is 2. The zero-order valence-electron chi connectivity index (χ0n) is 15.7. The van der Waals surface area contributed by atoms with E-state index in [1.54, 1.807) is 24.3 Å². The van der Waals surface area contributed by atoms with Crippen molar-refractivity contribution < 1.29 is 19.4 Å². The van der Waals surface area contributed by atoms with Crippen LogP contribution in [0.5, 0.6) is 5.75 Å². The van der Waals surface area contributed by atoms with Crippen LogP contribution in [0, 0.1) is 5.41 Å². The summed E-state index contributed by atoms with van der Waals surface area (Å²) in [5, 5.41) is 10.9. The number of aliphatic hydroxyl groups excluding tert-OH is 1. The van der Waals surface area contributed by atoms with Crippen molar-refractivity contribution in [3.8, 4) is 5.75 Å². The van der Waals surface area contributed by atoms with Crippen molar-refractivity contribution in [1.29, 1.82) is 0 Å². The molecule has 0 bridgehead atoms. The number of ether oxygens (including phenoxy) is 1. The Kier molecular flexibility index (Phi) is 6.32. The van der Waals surface area contributed by atoms with Crippen LogP contribution in [0.2, 0.25) is 0 Å². The number of carbonyl (C=O) groups is 2. The van der Waals surface area contributed by atoms with Gasteiger partial charge >= 0.3 is 0 Å². The molecule has 0 aliphatic heterocycles. The minimum absolute atomic E-state index is 0.00164. The van der Waals surface area contributed by atoms with Crippen molar-refractivity contribution in [2.75, 3.05) is 7.11 Å². The first-order valence-corrected chi connectivity index (χ1v) is 8.69. The third kappa shape index (κ3) is 4.58. The van der Waals surface area contributed by atoms with Gasteiger partial charge in [0.1, 0.15) is 17.6 Å². The molecule has 2 rings (SSSR count). The first kappa shape index (κ1) is 19.9. The maximum absolute atomic E-state index is 12.9. The SMILES string of the molecule is COc1ccccc1C(=O)[C@H](O)[C@H](CC(=O)C(C)(C)C)c1ccccc1. The van der Waals surface area contributed by atoms with Gasteiger partial charge in [-0.1, -0.05) is 63.2 Å². The molecule has 0 heterocycles. The molecule has 0 radical (unpaired) electrons. The number of para-hydroxylation sites is 1. The highest BCUT2D eigenvalue weighted by molar-refractivity contribution is 6.02. The third-order valence-electron chi connectivity index (χ3n) is 4.49. The Morgan fingerprint density at radius 2 is 1.58 bits per heavy atom. The molecule has 0 fully saturated rings. The highest BCUT2D eigenvalue weighted by Gasteiger charge is 2.34. The van der Waals surface area contributed by atoms with Crippen LogP contribution >= 0.6 is 0 Å². The largest absolute Gasteiger partial charge is 0.496 e. The Bertz CT molecular complexity index is 759. The van der Waals surface area contributed by atoms with E-state index in [9.17, 15) is 14.7 Å². The van der Waals surface area contributed by atoms with Crippen molar-refractivity contribution in [2.24, 2.45) is 5.41 Å². The van der Waals surface area contributed by atoms with Gasteiger partial charge < -0.3 is 9.84 Å². The number of aliphatic hydroxyl groups is 1. The molecule has 0 aliphatic rings. The fourth-order valence-corrected chi connectivity index (χ4v) is 2.81. The van der Waals surface area contributed by atoms with Crippen LogP contribution in [-0.4, -0.2) is 29.9 Å². The molecule has 0 unspecified atom stereocenters. The summed E-state index contributed by atoms with van der Waals surface area (Å²) in [7, 11) is 1.48. The predicted octanol–water partition coefficient (Wildman–Crippen LogP) is 4.03. The predicted molar refractivity (Wildman–Crippen MR) is 102 cm³/mol. The standard InChI is InChI=1S/C22H26O4/c1-22(2,3)19(23)14-17(15-10-6-5-7-11-15)21(25)20(24)16-12-8-9-13-18(16)26-4/h5-13,17,21,25H,14H2,1-4H3/t17-,21-/m1/s1. The van der Waals surface area contributed by atoms with E-state index in [1.807, 2.05) is 51.1 Å². The Balaban J connectivity index is 2.38. The van der Waals surface area contributed by atoms with E-state index >= 15 is 0 Å². The lowest BCUT2D eigenvalue weighted by Gasteiger charge is -2.26. The van der Waals surface area contributed by atoms with Crippen LogP contribution in [0.25, 0.3) is 0 Å². The van der Waals surface area contributed by atoms with E-state index in [-0.39, 0.29) is 12.2 Å². The summed E-state index contributed by atoms with van der Waals surface area (Å²) in [6.45, 7) is 5.52. The number of hydrogen-bond acceptors (Lipinski definition) is 4. The molecular weight excluding hydrogens is 328 g/mol. The fourth-order valence-electron chi connectivity index (χ4n) is 2.81. The quantitative estimate of drug-likeness (QED) is 0.763. The van der Waals surface area contributed by atoms with Gasteiger partial charge in [0, 0.05) is 17.8 Å². The van der Waals surface area contributed by atoms with Crippen LogP contribution in [0.15, 0.2) is 54.6 Å². The highest BCUT2D eigenvalue weighted by Crippen LogP contribution is 2.31. The molecule has 2 aromatic rings. The molecule has 1 N–H and O–H groups in total. The average molecular weight is 354 g/mol. The lowest BCUT2D eigenvalue weighted by Crippen LogP contribution is -2.32. The Labute approximate surface area is 154 Å². The first-order chi connectivity index (χ1) is 12.3. The van der Waals surface area contributed by atoms with Gasteiger partial charge in [0.05, 0.1) is 12.7 Å². The first-order valence-electron chi connectivity index (χ1n) is 8.69. The Morgan fingerprint density at radius 1 is 1.00 bits per heavy atom. The molecular formula is C22H26O4. The molecule has 0 saturated heterocycles. The minimum atomic E-state index is -1.33. The van der Waals surface area contributed by atoms with Gasteiger partial charge in [-0.25, -0.2) is 0 Å². The van der Waals surface area contributed by atoms with Crippen molar-refractivity contribution in [1.82, 2.24) is 0 Å². The number of carbonyl (C=O) groups excluding carboxylic acids is 2. The monoisotopic (exact) mass is 354 g/mol. The van der Waals surface area contributed by atoms with Crippen LogP contribution < -0.4 is 4.74 Å². The van der Waals surface area contributed by atoms with Gasteiger partial charge in [0.2, 0.25) is 0 Å². The fraction of sp³-hybridized carbons (Fsp3) is 0.364. The zero-order chi connectivity index (χ0) is 19.3. The molecule has 138 valence electrons.